The van der Waals surface area contributed by atoms with E-state index in [-0.39, 0.29) is 0 Å². The van der Waals surface area contributed by atoms with E-state index in [2.05, 4.69) is 15.9 Å². The van der Waals surface area contributed by atoms with Crippen LogP contribution < -0.4 is 4.74 Å². The molecule has 1 aromatic carbocycles. The summed E-state index contributed by atoms with van der Waals surface area (Å²) in [6.45, 7) is 0.400. The Bertz CT molecular complexity index is 430. The number of ether oxygens (including phenoxy) is 2. The lowest BCUT2D eigenvalue weighted by Gasteiger charge is -2.25. The summed E-state index contributed by atoms with van der Waals surface area (Å²) in [5.74, 6) is -0.266. The Morgan fingerprint density at radius 2 is 2.38 bits per heavy atom. The van der Waals surface area contributed by atoms with Gasteiger partial charge < -0.3 is 14.6 Å². The van der Waals surface area contributed by atoms with Gasteiger partial charge in [-0.05, 0) is 34.0 Å². The minimum absolute atomic E-state index is 0.400. The van der Waals surface area contributed by atoms with Crippen LogP contribution in [-0.4, -0.2) is 24.8 Å². The van der Waals surface area contributed by atoms with Gasteiger partial charge in [-0.25, -0.2) is 4.79 Å². The van der Waals surface area contributed by atoms with E-state index in [0.29, 0.717) is 24.3 Å². The smallest absolute Gasteiger partial charge is 0.337 e. The lowest BCUT2D eigenvalue weighted by Crippen LogP contribution is -2.23. The minimum Gasteiger partial charge on any atom is -0.495 e. The number of fused-ring (bicyclic) bond motifs is 1. The molecule has 16 heavy (non-hydrogen) atoms. The highest BCUT2D eigenvalue weighted by atomic mass is 79.9. The van der Waals surface area contributed by atoms with Crippen LogP contribution in [0, 0.1) is 0 Å². The number of hydrogen-bond acceptors (Lipinski definition) is 3. The third kappa shape index (κ3) is 1.81. The van der Waals surface area contributed by atoms with Crippen LogP contribution in [0.3, 0.4) is 0 Å². The molecule has 0 bridgehead atoms. The summed E-state index contributed by atoms with van der Waals surface area (Å²) in [6.07, 6.45) is -0.215. The predicted octanol–water partition coefficient (Wildman–Crippen LogP) is 2.16. The molecule has 1 aliphatic heterocycles. The van der Waals surface area contributed by atoms with Crippen LogP contribution in [0.5, 0.6) is 5.75 Å². The summed E-state index contributed by atoms with van der Waals surface area (Å²) in [4.78, 5) is 11.0. The van der Waals surface area contributed by atoms with Crippen molar-refractivity contribution in [3.05, 3.63) is 27.7 Å². The van der Waals surface area contributed by atoms with Gasteiger partial charge in [-0.2, -0.15) is 0 Å². The highest BCUT2D eigenvalue weighted by Crippen LogP contribution is 2.38. The largest absolute Gasteiger partial charge is 0.495 e. The zero-order valence-corrected chi connectivity index (χ0v) is 10.3. The Kier molecular flexibility index (Phi) is 3.16. The van der Waals surface area contributed by atoms with E-state index in [0.717, 1.165) is 10.0 Å². The average Bonchev–Trinajstić information content (AvgIpc) is 2.27. The van der Waals surface area contributed by atoms with E-state index in [1.807, 2.05) is 0 Å². The number of halogens is 1. The van der Waals surface area contributed by atoms with Crippen LogP contribution in [0.25, 0.3) is 0 Å². The molecule has 1 aliphatic rings. The number of carbonyl (C=O) groups is 1. The molecular formula is C11H11BrO4. The van der Waals surface area contributed by atoms with Gasteiger partial charge in [-0.3, -0.25) is 0 Å². The van der Waals surface area contributed by atoms with Crippen LogP contribution in [0.15, 0.2) is 16.6 Å². The Labute approximate surface area is 101 Å². The summed E-state index contributed by atoms with van der Waals surface area (Å²) in [6, 6.07) is 3.54. The van der Waals surface area contributed by atoms with Crippen molar-refractivity contribution in [2.24, 2.45) is 0 Å². The van der Waals surface area contributed by atoms with E-state index in [1.54, 1.807) is 19.2 Å². The molecule has 2 rings (SSSR count). The van der Waals surface area contributed by atoms with Crippen LogP contribution >= 0.6 is 15.9 Å². The first-order valence-electron chi connectivity index (χ1n) is 4.85. The normalized spacial score (nSPS) is 19.0. The number of methoxy groups -OCH3 is 1. The van der Waals surface area contributed by atoms with Crippen LogP contribution in [0.1, 0.15) is 17.2 Å². The van der Waals surface area contributed by atoms with Gasteiger partial charge in [0.05, 0.1) is 18.2 Å². The monoisotopic (exact) mass is 286 g/mol. The Morgan fingerprint density at radius 1 is 1.62 bits per heavy atom. The zero-order chi connectivity index (χ0) is 11.7. The van der Waals surface area contributed by atoms with Gasteiger partial charge in [0.1, 0.15) is 5.75 Å². The summed E-state index contributed by atoms with van der Waals surface area (Å²) >= 11 is 3.38. The Morgan fingerprint density at radius 3 is 3.00 bits per heavy atom. The van der Waals surface area contributed by atoms with Crippen molar-refractivity contribution in [3.63, 3.8) is 0 Å². The standard InChI is InChI=1S/C11H11BrO4/c1-15-9-7-4-5-16-10(11(13)14)6(7)2-3-8(9)12/h2-3,10H,4-5H2,1H3,(H,13,14)/t10-/m1/s1. The van der Waals surface area contributed by atoms with Gasteiger partial charge in [-0.1, -0.05) is 6.07 Å². The highest BCUT2D eigenvalue weighted by Gasteiger charge is 2.29. The SMILES string of the molecule is COc1c(Br)ccc2c1CCO[C@H]2C(=O)O. The fourth-order valence-corrected chi connectivity index (χ4v) is 2.44. The molecule has 0 amide bonds. The molecule has 0 saturated heterocycles. The van der Waals surface area contributed by atoms with Gasteiger partial charge in [-0.15, -0.1) is 0 Å². The number of benzene rings is 1. The van der Waals surface area contributed by atoms with Crippen LogP contribution in [-0.2, 0) is 16.0 Å². The molecule has 1 N–H and O–H groups in total. The summed E-state index contributed by atoms with van der Waals surface area (Å²) in [5, 5.41) is 9.04. The first-order chi connectivity index (χ1) is 7.65. The number of hydrogen-bond donors (Lipinski definition) is 1. The molecule has 0 saturated carbocycles. The number of aliphatic carboxylic acids is 1. The predicted molar refractivity (Wildman–Crippen MR) is 60.7 cm³/mol. The second kappa shape index (κ2) is 4.43. The first-order valence-corrected chi connectivity index (χ1v) is 5.64. The summed E-state index contributed by atoms with van der Waals surface area (Å²) in [5.41, 5.74) is 1.59. The molecule has 0 spiro atoms. The minimum atomic E-state index is -0.967. The fraction of sp³-hybridized carbons (Fsp3) is 0.364. The van der Waals surface area contributed by atoms with Gasteiger partial charge in [0, 0.05) is 5.56 Å². The van der Waals surface area contributed by atoms with Crippen molar-refractivity contribution >= 4 is 21.9 Å². The molecule has 1 aromatic rings. The summed E-state index contributed by atoms with van der Waals surface area (Å²) in [7, 11) is 1.58. The molecule has 0 fully saturated rings. The lowest BCUT2D eigenvalue weighted by molar-refractivity contribution is -0.151. The van der Waals surface area contributed by atoms with Crippen molar-refractivity contribution in [2.45, 2.75) is 12.5 Å². The lowest BCUT2D eigenvalue weighted by atomic mass is 9.96. The molecule has 0 aromatic heterocycles. The molecule has 0 aliphatic carbocycles. The van der Waals surface area contributed by atoms with Crippen LogP contribution in [0.4, 0.5) is 0 Å². The topological polar surface area (TPSA) is 55.8 Å². The number of carboxylic acid groups (broad SMARTS) is 1. The molecule has 5 heteroatoms. The fourth-order valence-electron chi connectivity index (χ4n) is 1.91. The van der Waals surface area contributed by atoms with E-state index < -0.39 is 12.1 Å². The van der Waals surface area contributed by atoms with E-state index in [4.69, 9.17) is 14.6 Å². The average molecular weight is 287 g/mol. The summed E-state index contributed by atoms with van der Waals surface area (Å²) < 4.78 is 11.3. The number of rotatable bonds is 2. The maximum absolute atomic E-state index is 11.0. The maximum atomic E-state index is 11.0. The zero-order valence-electron chi connectivity index (χ0n) is 8.70. The molecule has 1 heterocycles. The third-order valence-corrected chi connectivity index (χ3v) is 3.22. The molecule has 0 unspecified atom stereocenters. The first kappa shape index (κ1) is 11.4. The molecular weight excluding hydrogens is 276 g/mol. The van der Waals surface area contributed by atoms with Crippen molar-refractivity contribution in [1.82, 2.24) is 0 Å². The van der Waals surface area contributed by atoms with Crippen molar-refractivity contribution in [2.75, 3.05) is 13.7 Å². The second-order valence-corrected chi connectivity index (χ2v) is 4.34. The van der Waals surface area contributed by atoms with Crippen LogP contribution in [0.2, 0.25) is 0 Å². The van der Waals surface area contributed by atoms with E-state index in [1.165, 1.54) is 0 Å². The van der Waals surface area contributed by atoms with Gasteiger partial charge in [0.15, 0.2) is 6.10 Å². The van der Waals surface area contributed by atoms with Gasteiger partial charge >= 0.3 is 5.97 Å². The molecule has 0 radical (unpaired) electrons. The van der Waals surface area contributed by atoms with E-state index >= 15 is 0 Å². The molecule has 4 nitrogen and oxygen atoms in total. The third-order valence-electron chi connectivity index (χ3n) is 2.60. The highest BCUT2D eigenvalue weighted by molar-refractivity contribution is 9.10. The Balaban J connectivity index is 2.55. The molecule has 86 valence electrons. The van der Waals surface area contributed by atoms with Crippen molar-refractivity contribution < 1.29 is 19.4 Å². The Hall–Kier alpha value is -1.07. The molecule has 1 atom stereocenters. The number of carboxylic acids is 1. The maximum Gasteiger partial charge on any atom is 0.337 e. The second-order valence-electron chi connectivity index (χ2n) is 3.49. The van der Waals surface area contributed by atoms with Crippen molar-refractivity contribution in [3.8, 4) is 5.75 Å². The van der Waals surface area contributed by atoms with Gasteiger partial charge in [0.25, 0.3) is 0 Å². The van der Waals surface area contributed by atoms with Gasteiger partial charge in [0.2, 0.25) is 0 Å². The quantitative estimate of drug-likeness (QED) is 0.905. The van der Waals surface area contributed by atoms with Crippen molar-refractivity contribution in [1.29, 1.82) is 0 Å². The van der Waals surface area contributed by atoms with E-state index in [9.17, 15) is 4.79 Å².